The molecule has 0 aliphatic heterocycles. The van der Waals surface area contributed by atoms with Crippen LogP contribution in [0.4, 0.5) is 0 Å². The average molecular weight is 281 g/mol. The van der Waals surface area contributed by atoms with Gasteiger partial charge in [0.15, 0.2) is 8.32 Å². The van der Waals surface area contributed by atoms with Crippen LogP contribution in [0, 0.1) is 23.7 Å². The second-order valence-electron chi connectivity index (χ2n) is 7.72. The van der Waals surface area contributed by atoms with Gasteiger partial charge in [-0.1, -0.05) is 33.6 Å². The summed E-state index contributed by atoms with van der Waals surface area (Å²) in [7, 11) is -2.14. The predicted octanol–water partition coefficient (Wildman–Crippen LogP) is 4.96. The van der Waals surface area contributed by atoms with Crippen molar-refractivity contribution in [3.63, 3.8) is 0 Å². The third kappa shape index (κ3) is 3.64. The number of hydrogen-bond donors (Lipinski definition) is 1. The summed E-state index contributed by atoms with van der Waals surface area (Å²) in [5.74, 6) is 3.51. The first-order chi connectivity index (χ1) is 8.68. The fraction of sp³-hybridized carbons (Fsp3) is 0.882. The average Bonchev–Trinajstić information content (AvgIpc) is 2.21. The van der Waals surface area contributed by atoms with E-state index in [2.05, 4.69) is 39.8 Å². The zero-order chi connectivity index (χ0) is 14.7. The molecule has 1 nitrogen and oxygen atoms in total. The largest absolute Gasteiger partial charge is 0.432 e. The summed E-state index contributed by atoms with van der Waals surface area (Å²) in [6.45, 7) is 10.9. The van der Waals surface area contributed by atoms with Gasteiger partial charge in [-0.15, -0.1) is 12.3 Å². The summed E-state index contributed by atoms with van der Waals surface area (Å²) in [4.78, 5) is 10.5. The van der Waals surface area contributed by atoms with Gasteiger partial charge in [-0.3, -0.25) is 0 Å². The molecule has 0 bridgehead atoms. The molecular formula is C17H32OSi. The highest BCUT2D eigenvalue weighted by Crippen LogP contribution is 2.56. The Morgan fingerprint density at radius 3 is 2.26 bits per heavy atom. The molecule has 19 heavy (non-hydrogen) atoms. The van der Waals surface area contributed by atoms with Crippen LogP contribution in [0.3, 0.4) is 0 Å². The normalized spacial score (nSPS) is 20.5. The van der Waals surface area contributed by atoms with Gasteiger partial charge in [-0.05, 0) is 55.1 Å². The molecule has 0 aromatic rings. The van der Waals surface area contributed by atoms with Gasteiger partial charge in [0, 0.05) is 6.42 Å². The van der Waals surface area contributed by atoms with Crippen molar-refractivity contribution in [2.75, 3.05) is 0 Å². The van der Waals surface area contributed by atoms with E-state index in [0.29, 0.717) is 11.3 Å². The number of terminal acetylenes is 1. The molecule has 1 rings (SSSR count). The van der Waals surface area contributed by atoms with Crippen LogP contribution in [-0.4, -0.2) is 13.1 Å². The fourth-order valence-electron chi connectivity index (χ4n) is 3.50. The topological polar surface area (TPSA) is 20.2 Å². The number of rotatable bonds is 7. The lowest BCUT2D eigenvalue weighted by molar-refractivity contribution is 0.0276. The Morgan fingerprint density at radius 2 is 1.95 bits per heavy atom. The van der Waals surface area contributed by atoms with Gasteiger partial charge in [0.05, 0.1) is 0 Å². The van der Waals surface area contributed by atoms with Crippen molar-refractivity contribution in [3.05, 3.63) is 0 Å². The van der Waals surface area contributed by atoms with Crippen LogP contribution in [0.25, 0.3) is 0 Å². The zero-order valence-electron chi connectivity index (χ0n) is 13.6. The van der Waals surface area contributed by atoms with Crippen LogP contribution in [-0.2, 0) is 0 Å². The van der Waals surface area contributed by atoms with Crippen LogP contribution in [0.5, 0.6) is 0 Å². The van der Waals surface area contributed by atoms with Crippen molar-refractivity contribution in [1.82, 2.24) is 0 Å². The first-order valence-electron chi connectivity index (χ1n) is 7.84. The molecule has 1 aliphatic rings. The minimum atomic E-state index is -2.14. The maximum absolute atomic E-state index is 10.5. The second kappa shape index (κ2) is 6.02. The molecule has 2 heteroatoms. The van der Waals surface area contributed by atoms with Crippen molar-refractivity contribution >= 4 is 8.32 Å². The van der Waals surface area contributed by atoms with Crippen LogP contribution in [0.15, 0.2) is 0 Å². The van der Waals surface area contributed by atoms with Crippen molar-refractivity contribution in [3.8, 4) is 12.3 Å². The molecule has 110 valence electrons. The Bertz CT molecular complexity index is 328. The Morgan fingerprint density at radius 1 is 1.37 bits per heavy atom. The fourth-order valence-corrected chi connectivity index (χ4v) is 4.25. The maximum atomic E-state index is 10.5. The van der Waals surface area contributed by atoms with Gasteiger partial charge in [-0.2, -0.15) is 0 Å². The molecule has 1 saturated carbocycles. The lowest BCUT2D eigenvalue weighted by Crippen LogP contribution is -2.44. The molecule has 1 fully saturated rings. The van der Waals surface area contributed by atoms with Gasteiger partial charge in [0.2, 0.25) is 0 Å². The first kappa shape index (κ1) is 16.8. The van der Waals surface area contributed by atoms with Crippen molar-refractivity contribution in [2.24, 2.45) is 11.3 Å². The molecule has 0 unspecified atom stereocenters. The lowest BCUT2D eigenvalue weighted by atomic mass is 9.56. The van der Waals surface area contributed by atoms with E-state index in [1.54, 1.807) is 0 Å². The third-order valence-electron chi connectivity index (χ3n) is 5.74. The van der Waals surface area contributed by atoms with Crippen LogP contribution in [0.1, 0.15) is 65.7 Å². The van der Waals surface area contributed by atoms with Gasteiger partial charge in [-0.25, -0.2) is 0 Å². The smallest absolute Gasteiger partial charge is 0.188 e. The molecule has 1 N–H and O–H groups in total. The minimum absolute atomic E-state index is 0.0465. The summed E-state index contributed by atoms with van der Waals surface area (Å²) >= 11 is 0. The van der Waals surface area contributed by atoms with E-state index in [1.807, 2.05) is 0 Å². The molecule has 1 atom stereocenters. The van der Waals surface area contributed by atoms with Crippen molar-refractivity contribution in [1.29, 1.82) is 0 Å². The third-order valence-corrected chi connectivity index (χ3v) is 9.26. The summed E-state index contributed by atoms with van der Waals surface area (Å²) in [6, 6.07) is 0. The molecule has 0 aromatic carbocycles. The minimum Gasteiger partial charge on any atom is -0.432 e. The summed E-state index contributed by atoms with van der Waals surface area (Å²) < 4.78 is 0. The monoisotopic (exact) mass is 280 g/mol. The van der Waals surface area contributed by atoms with Gasteiger partial charge < -0.3 is 4.80 Å². The van der Waals surface area contributed by atoms with E-state index in [9.17, 15) is 4.80 Å². The van der Waals surface area contributed by atoms with Gasteiger partial charge in [0.25, 0.3) is 0 Å². The highest BCUT2D eigenvalue weighted by atomic mass is 28.4. The van der Waals surface area contributed by atoms with E-state index in [4.69, 9.17) is 6.42 Å². The summed E-state index contributed by atoms with van der Waals surface area (Å²) in [5.41, 5.74) is 0.484. The van der Waals surface area contributed by atoms with E-state index in [-0.39, 0.29) is 5.04 Å². The second-order valence-corrected chi connectivity index (χ2v) is 12.2. The molecule has 1 aliphatic carbocycles. The lowest BCUT2D eigenvalue weighted by Gasteiger charge is -2.51. The van der Waals surface area contributed by atoms with E-state index in [0.717, 1.165) is 12.8 Å². The molecule has 0 saturated heterocycles. The Balaban J connectivity index is 2.87. The van der Waals surface area contributed by atoms with Crippen LogP contribution >= 0.6 is 0 Å². The first-order valence-corrected chi connectivity index (χ1v) is 10.8. The molecular weight excluding hydrogens is 248 g/mol. The van der Waals surface area contributed by atoms with Crippen molar-refractivity contribution < 1.29 is 4.80 Å². The molecule has 0 heterocycles. The van der Waals surface area contributed by atoms with Crippen molar-refractivity contribution in [2.45, 2.75) is 83.8 Å². The highest BCUT2D eigenvalue weighted by Gasteiger charge is 2.47. The molecule has 0 amide bonds. The number of hydrogen-bond acceptors (Lipinski definition) is 1. The molecule has 0 aromatic heterocycles. The van der Waals surface area contributed by atoms with Crippen LogP contribution in [0.2, 0.25) is 18.1 Å². The summed E-state index contributed by atoms with van der Waals surface area (Å²) in [5, 5.41) is 0.0465. The summed E-state index contributed by atoms with van der Waals surface area (Å²) in [6.07, 6.45) is 14.2. The predicted molar refractivity (Wildman–Crippen MR) is 86.5 cm³/mol. The van der Waals surface area contributed by atoms with E-state index >= 15 is 0 Å². The van der Waals surface area contributed by atoms with Crippen LogP contribution < -0.4 is 0 Å². The quantitative estimate of drug-likeness (QED) is 0.516. The van der Waals surface area contributed by atoms with Gasteiger partial charge >= 0.3 is 0 Å². The molecule has 0 spiro atoms. The van der Waals surface area contributed by atoms with Gasteiger partial charge in [0.1, 0.15) is 0 Å². The SMILES string of the molecule is C#CC[C@H](CC(C)(C)[Si](C)(C)O)C1(CCC)CCC1. The Labute approximate surface area is 121 Å². The Hall–Kier alpha value is -0.263. The zero-order valence-corrected chi connectivity index (χ0v) is 14.6. The van der Waals surface area contributed by atoms with E-state index < -0.39 is 8.32 Å². The Kier molecular flexibility index (Phi) is 5.32. The standard InChI is InChI=1S/C17H32OSi/c1-7-10-15(14-16(3,4)19(5,6)18)17(11-8-2)12-9-13-17/h1,15,18H,8-14H2,2-6H3/t15-/m1/s1. The maximum Gasteiger partial charge on any atom is 0.188 e. The highest BCUT2D eigenvalue weighted by molar-refractivity contribution is 6.72. The molecule has 0 radical (unpaired) electrons. The van der Waals surface area contributed by atoms with E-state index in [1.165, 1.54) is 32.1 Å².